The number of carbonyl (C=O) groups is 1. The number of para-hydroxylation sites is 1. The molecule has 1 aliphatic heterocycles. The topological polar surface area (TPSA) is 66.3 Å². The minimum Gasteiger partial charge on any atom is -0.478 e. The maximum Gasteiger partial charge on any atom is 0.337 e. The summed E-state index contributed by atoms with van der Waals surface area (Å²) in [4.78, 5) is 22.1. The lowest BCUT2D eigenvalue weighted by atomic mass is 10.1. The molecule has 3 rings (SSSR count). The first-order valence-corrected chi connectivity index (χ1v) is 6.39. The highest BCUT2D eigenvalue weighted by Gasteiger charge is 2.21. The molecule has 1 N–H and O–H groups in total. The number of rotatable bonds is 2. The van der Waals surface area contributed by atoms with Crippen LogP contribution in [0.5, 0.6) is 0 Å². The molecule has 1 unspecified atom stereocenters. The van der Waals surface area contributed by atoms with Crippen molar-refractivity contribution >= 4 is 22.8 Å². The highest BCUT2D eigenvalue weighted by molar-refractivity contribution is 6.01. The van der Waals surface area contributed by atoms with E-state index in [1.54, 1.807) is 18.3 Å². The van der Waals surface area contributed by atoms with Gasteiger partial charge in [0.15, 0.2) is 0 Å². The van der Waals surface area contributed by atoms with Crippen LogP contribution in [0.1, 0.15) is 23.7 Å². The van der Waals surface area contributed by atoms with E-state index in [0.29, 0.717) is 17.4 Å². The normalized spacial score (nSPS) is 19.0. The number of fused-ring (bicyclic) bond motifs is 1. The van der Waals surface area contributed by atoms with Crippen molar-refractivity contribution in [2.45, 2.75) is 13.3 Å². The third-order valence-electron chi connectivity index (χ3n) is 3.54. The second-order valence-corrected chi connectivity index (χ2v) is 5.06. The van der Waals surface area contributed by atoms with E-state index in [1.165, 1.54) is 0 Å². The quantitative estimate of drug-likeness (QED) is 0.893. The van der Waals surface area contributed by atoms with Gasteiger partial charge in [0.1, 0.15) is 0 Å². The zero-order valence-corrected chi connectivity index (χ0v) is 10.7. The highest BCUT2D eigenvalue weighted by atomic mass is 16.4. The monoisotopic (exact) mass is 257 g/mol. The summed E-state index contributed by atoms with van der Waals surface area (Å²) in [6, 6.07) is 5.12. The summed E-state index contributed by atoms with van der Waals surface area (Å²) in [5.41, 5.74) is 0.743. The number of nitrogens with zero attached hydrogens (tertiary/aromatic N) is 3. The van der Waals surface area contributed by atoms with Crippen molar-refractivity contribution in [2.24, 2.45) is 5.92 Å². The van der Waals surface area contributed by atoms with Crippen molar-refractivity contribution in [1.82, 2.24) is 9.97 Å². The first kappa shape index (κ1) is 11.9. The maximum absolute atomic E-state index is 11.2. The number of aromatic nitrogens is 2. The summed E-state index contributed by atoms with van der Waals surface area (Å²) in [5, 5.41) is 9.97. The largest absolute Gasteiger partial charge is 0.478 e. The molecule has 5 heteroatoms. The van der Waals surface area contributed by atoms with Crippen molar-refractivity contribution in [3.63, 3.8) is 0 Å². The summed E-state index contributed by atoms with van der Waals surface area (Å²) < 4.78 is 0. The number of carboxylic acid groups (broad SMARTS) is 1. The van der Waals surface area contributed by atoms with E-state index < -0.39 is 5.97 Å². The van der Waals surface area contributed by atoms with Crippen LogP contribution < -0.4 is 4.90 Å². The van der Waals surface area contributed by atoms with Crippen LogP contribution in [0.25, 0.3) is 10.9 Å². The third kappa shape index (κ3) is 2.12. The summed E-state index contributed by atoms with van der Waals surface area (Å²) in [6.45, 7) is 4.06. The van der Waals surface area contributed by atoms with Gasteiger partial charge in [0.25, 0.3) is 0 Å². The summed E-state index contributed by atoms with van der Waals surface area (Å²) >= 11 is 0. The van der Waals surface area contributed by atoms with Crippen molar-refractivity contribution in [3.05, 3.63) is 30.0 Å². The Balaban J connectivity index is 2.09. The molecule has 0 saturated carbocycles. The fraction of sp³-hybridized carbons (Fsp3) is 0.357. The van der Waals surface area contributed by atoms with E-state index >= 15 is 0 Å². The Morgan fingerprint density at radius 3 is 3.00 bits per heavy atom. The van der Waals surface area contributed by atoms with Crippen LogP contribution in [0.3, 0.4) is 0 Å². The summed E-state index contributed by atoms with van der Waals surface area (Å²) in [5.74, 6) is 0.310. The fourth-order valence-corrected chi connectivity index (χ4v) is 2.49. The Kier molecular flexibility index (Phi) is 2.81. The lowest BCUT2D eigenvalue weighted by molar-refractivity contribution is 0.0699. The van der Waals surface area contributed by atoms with E-state index in [2.05, 4.69) is 21.8 Å². The van der Waals surface area contributed by atoms with Crippen LogP contribution >= 0.6 is 0 Å². The van der Waals surface area contributed by atoms with Crippen molar-refractivity contribution in [3.8, 4) is 0 Å². The van der Waals surface area contributed by atoms with Crippen LogP contribution in [-0.4, -0.2) is 34.1 Å². The molecule has 0 aliphatic carbocycles. The van der Waals surface area contributed by atoms with E-state index in [1.807, 2.05) is 6.07 Å². The Bertz CT molecular complexity index is 642. The van der Waals surface area contributed by atoms with Gasteiger partial charge >= 0.3 is 5.97 Å². The van der Waals surface area contributed by atoms with Gasteiger partial charge in [-0.1, -0.05) is 19.1 Å². The van der Waals surface area contributed by atoms with Gasteiger partial charge in [0.2, 0.25) is 5.95 Å². The molecule has 0 amide bonds. The molecule has 19 heavy (non-hydrogen) atoms. The summed E-state index contributed by atoms with van der Waals surface area (Å²) in [7, 11) is 0. The molecule has 0 radical (unpaired) electrons. The highest BCUT2D eigenvalue weighted by Crippen LogP contribution is 2.23. The number of hydrogen-bond acceptors (Lipinski definition) is 4. The van der Waals surface area contributed by atoms with Gasteiger partial charge < -0.3 is 10.0 Å². The predicted octanol–water partition coefficient (Wildman–Crippen LogP) is 2.17. The second kappa shape index (κ2) is 4.50. The molecular weight excluding hydrogens is 242 g/mol. The van der Waals surface area contributed by atoms with E-state index in [-0.39, 0.29) is 5.56 Å². The van der Waals surface area contributed by atoms with Crippen LogP contribution in [0.4, 0.5) is 5.95 Å². The van der Waals surface area contributed by atoms with Gasteiger partial charge in [-0.25, -0.2) is 14.8 Å². The van der Waals surface area contributed by atoms with Crippen LogP contribution in [0, 0.1) is 5.92 Å². The Labute approximate surface area is 110 Å². The predicted molar refractivity (Wildman–Crippen MR) is 72.5 cm³/mol. The molecule has 0 bridgehead atoms. The Hall–Kier alpha value is -2.17. The van der Waals surface area contributed by atoms with Crippen molar-refractivity contribution < 1.29 is 9.90 Å². The number of benzene rings is 1. The Morgan fingerprint density at radius 1 is 1.47 bits per heavy atom. The van der Waals surface area contributed by atoms with Crippen molar-refractivity contribution in [1.29, 1.82) is 0 Å². The van der Waals surface area contributed by atoms with Gasteiger partial charge in [0.05, 0.1) is 11.1 Å². The maximum atomic E-state index is 11.2. The minimum atomic E-state index is -0.954. The van der Waals surface area contributed by atoms with E-state index in [9.17, 15) is 9.90 Å². The van der Waals surface area contributed by atoms with Gasteiger partial charge in [-0.05, 0) is 18.4 Å². The number of aromatic carboxylic acids is 1. The molecule has 1 aromatic carbocycles. The number of carboxylic acids is 1. The van der Waals surface area contributed by atoms with Crippen LogP contribution in [-0.2, 0) is 0 Å². The molecular formula is C14H15N3O2. The van der Waals surface area contributed by atoms with Gasteiger partial charge in [0, 0.05) is 24.7 Å². The summed E-state index contributed by atoms with van der Waals surface area (Å²) in [6.07, 6.45) is 2.83. The molecule has 5 nitrogen and oxygen atoms in total. The molecule has 1 atom stereocenters. The molecule has 1 aromatic heterocycles. The first-order chi connectivity index (χ1) is 9.15. The molecule has 1 aliphatic rings. The molecule has 98 valence electrons. The molecule has 2 heterocycles. The third-order valence-corrected chi connectivity index (χ3v) is 3.54. The lowest BCUT2D eigenvalue weighted by Crippen LogP contribution is -2.21. The van der Waals surface area contributed by atoms with Gasteiger partial charge in [-0.2, -0.15) is 0 Å². The molecule has 0 spiro atoms. The first-order valence-electron chi connectivity index (χ1n) is 6.39. The van der Waals surface area contributed by atoms with Crippen molar-refractivity contribution in [2.75, 3.05) is 18.0 Å². The number of hydrogen-bond donors (Lipinski definition) is 1. The average Bonchev–Trinajstić information content (AvgIpc) is 2.84. The molecule has 2 aromatic rings. The Morgan fingerprint density at radius 2 is 2.32 bits per heavy atom. The number of anilines is 1. The lowest BCUT2D eigenvalue weighted by Gasteiger charge is -2.16. The standard InChI is InChI=1S/C14H15N3O2/c1-9-5-6-17(8-9)14-15-7-10-3-2-4-11(13(18)19)12(10)16-14/h2-4,7,9H,5-6,8H2,1H3,(H,18,19). The second-order valence-electron chi connectivity index (χ2n) is 5.06. The smallest absolute Gasteiger partial charge is 0.337 e. The zero-order chi connectivity index (χ0) is 13.4. The van der Waals surface area contributed by atoms with E-state index in [4.69, 9.17) is 0 Å². The van der Waals surface area contributed by atoms with Crippen LogP contribution in [0.15, 0.2) is 24.4 Å². The molecule has 1 fully saturated rings. The van der Waals surface area contributed by atoms with Crippen LogP contribution in [0.2, 0.25) is 0 Å². The SMILES string of the molecule is CC1CCN(c2ncc3cccc(C(=O)O)c3n2)C1. The zero-order valence-electron chi connectivity index (χ0n) is 10.7. The molecule has 1 saturated heterocycles. The van der Waals surface area contributed by atoms with Gasteiger partial charge in [-0.3, -0.25) is 0 Å². The average molecular weight is 257 g/mol. The van der Waals surface area contributed by atoms with Gasteiger partial charge in [-0.15, -0.1) is 0 Å². The van der Waals surface area contributed by atoms with E-state index in [0.717, 1.165) is 24.9 Å². The minimum absolute atomic E-state index is 0.230. The fourth-order valence-electron chi connectivity index (χ4n) is 2.49.